The third-order valence-corrected chi connectivity index (χ3v) is 3.51. The first kappa shape index (κ1) is 21.9. The fourth-order valence-corrected chi connectivity index (χ4v) is 1.96. The molecule has 0 fully saturated rings. The van der Waals surface area contributed by atoms with Crippen molar-refractivity contribution < 1.29 is 15.0 Å². The summed E-state index contributed by atoms with van der Waals surface area (Å²) in [6.07, 6.45) is 0.712. The lowest BCUT2D eigenvalue weighted by atomic mass is 9.97. The lowest BCUT2D eigenvalue weighted by molar-refractivity contribution is -0.124. The van der Waals surface area contributed by atoms with Crippen LogP contribution in [-0.2, 0) is 4.79 Å². The first-order valence-corrected chi connectivity index (χ1v) is 7.15. The normalized spacial score (nSPS) is 17.0. The average Bonchev–Trinajstić information content (AvgIpc) is 2.33. The third kappa shape index (κ3) is 8.74. The van der Waals surface area contributed by atoms with Gasteiger partial charge in [0.25, 0.3) is 0 Å². The molecule has 0 rings (SSSR count). The van der Waals surface area contributed by atoms with Crippen molar-refractivity contribution in [3.8, 4) is 0 Å². The maximum Gasteiger partial charge on any atom is 0.222 e. The van der Waals surface area contributed by atoms with Gasteiger partial charge in [-0.05, 0) is 18.3 Å². The van der Waals surface area contributed by atoms with Gasteiger partial charge in [0.05, 0.1) is 25.2 Å². The minimum atomic E-state index is -0.835. The molecule has 0 aliphatic heterocycles. The lowest BCUT2D eigenvalue weighted by Crippen LogP contribution is -2.45. The molecular formula is C14H31ClN2O3. The number of rotatable bonds is 9. The van der Waals surface area contributed by atoms with Crippen molar-refractivity contribution in [2.45, 2.75) is 65.1 Å². The molecule has 0 aliphatic rings. The summed E-state index contributed by atoms with van der Waals surface area (Å²) < 4.78 is 0. The Hall–Kier alpha value is -0.360. The molecular weight excluding hydrogens is 280 g/mol. The molecule has 0 aromatic rings. The molecule has 0 bridgehead atoms. The number of aliphatic hydroxyl groups is 2. The third-order valence-electron chi connectivity index (χ3n) is 3.51. The van der Waals surface area contributed by atoms with Crippen molar-refractivity contribution in [1.82, 2.24) is 5.32 Å². The Bertz CT molecular complexity index is 265. The van der Waals surface area contributed by atoms with Gasteiger partial charge < -0.3 is 21.3 Å². The predicted molar refractivity (Wildman–Crippen MR) is 83.8 cm³/mol. The van der Waals surface area contributed by atoms with Gasteiger partial charge in [0.15, 0.2) is 0 Å². The molecule has 0 aliphatic carbocycles. The molecule has 0 spiro atoms. The summed E-state index contributed by atoms with van der Waals surface area (Å²) in [6, 6.07) is -0.645. The van der Waals surface area contributed by atoms with Crippen LogP contribution >= 0.6 is 12.4 Å². The van der Waals surface area contributed by atoms with Crippen molar-refractivity contribution in [2.24, 2.45) is 17.6 Å². The van der Waals surface area contributed by atoms with Crippen LogP contribution in [0.5, 0.6) is 0 Å². The van der Waals surface area contributed by atoms with Crippen LogP contribution in [0.25, 0.3) is 0 Å². The number of aliphatic hydroxyl groups excluding tert-OH is 2. The molecule has 1 unspecified atom stereocenters. The predicted octanol–water partition coefficient (Wildman–Crippen LogP) is 1.06. The van der Waals surface area contributed by atoms with Gasteiger partial charge in [-0.25, -0.2) is 0 Å². The number of hydrogen-bond acceptors (Lipinski definition) is 4. The van der Waals surface area contributed by atoms with E-state index in [1.165, 1.54) is 0 Å². The Kier molecular flexibility index (Phi) is 12.4. The van der Waals surface area contributed by atoms with E-state index in [9.17, 15) is 15.0 Å². The van der Waals surface area contributed by atoms with Crippen LogP contribution in [-0.4, -0.2) is 40.9 Å². The summed E-state index contributed by atoms with van der Waals surface area (Å²) in [5.74, 6) is 0.333. The zero-order valence-corrected chi connectivity index (χ0v) is 13.8. The minimum absolute atomic E-state index is 0. The smallest absolute Gasteiger partial charge is 0.222 e. The van der Waals surface area contributed by atoms with Crippen LogP contribution < -0.4 is 11.1 Å². The second-order valence-corrected chi connectivity index (χ2v) is 5.81. The van der Waals surface area contributed by atoms with Gasteiger partial charge in [-0.1, -0.05) is 34.1 Å². The maximum absolute atomic E-state index is 11.8. The van der Waals surface area contributed by atoms with Gasteiger partial charge in [-0.3, -0.25) is 4.79 Å². The van der Waals surface area contributed by atoms with Crippen molar-refractivity contribution in [3.63, 3.8) is 0 Å². The van der Waals surface area contributed by atoms with E-state index in [0.29, 0.717) is 12.3 Å². The average molecular weight is 311 g/mol. The van der Waals surface area contributed by atoms with Crippen molar-refractivity contribution in [3.05, 3.63) is 0 Å². The van der Waals surface area contributed by atoms with Crippen LogP contribution in [0, 0.1) is 11.8 Å². The largest absolute Gasteiger partial charge is 0.394 e. The molecule has 0 saturated heterocycles. The van der Waals surface area contributed by atoms with Crippen molar-refractivity contribution >= 4 is 18.3 Å². The molecule has 6 heteroatoms. The van der Waals surface area contributed by atoms with Crippen molar-refractivity contribution in [2.75, 3.05) is 6.61 Å². The van der Waals surface area contributed by atoms with E-state index in [1.54, 1.807) is 0 Å². The molecule has 0 radical (unpaired) electrons. The molecule has 0 saturated carbocycles. The van der Waals surface area contributed by atoms with Gasteiger partial charge in [0.2, 0.25) is 5.91 Å². The SMILES string of the molecule is CCC(C)[C@@H](CO)NC(=O)C[C@H](O)[C@@H](N)CC(C)C.Cl. The van der Waals surface area contributed by atoms with Crippen LogP contribution in [0.3, 0.4) is 0 Å². The number of carbonyl (C=O) groups excluding carboxylic acids is 1. The Balaban J connectivity index is 0. The number of nitrogens with two attached hydrogens (primary N) is 1. The highest BCUT2D eigenvalue weighted by atomic mass is 35.5. The monoisotopic (exact) mass is 310 g/mol. The second-order valence-electron chi connectivity index (χ2n) is 5.81. The van der Waals surface area contributed by atoms with Gasteiger partial charge >= 0.3 is 0 Å². The highest BCUT2D eigenvalue weighted by Gasteiger charge is 2.22. The van der Waals surface area contributed by atoms with E-state index >= 15 is 0 Å². The van der Waals surface area contributed by atoms with Crippen LogP contribution in [0.1, 0.15) is 47.0 Å². The highest BCUT2D eigenvalue weighted by Crippen LogP contribution is 2.10. The molecule has 5 nitrogen and oxygen atoms in total. The van der Waals surface area contributed by atoms with Gasteiger partial charge in [0, 0.05) is 6.04 Å². The first-order chi connectivity index (χ1) is 8.81. The minimum Gasteiger partial charge on any atom is -0.394 e. The molecule has 1 amide bonds. The van der Waals surface area contributed by atoms with Crippen LogP contribution in [0.4, 0.5) is 0 Å². The zero-order valence-electron chi connectivity index (χ0n) is 13.0. The molecule has 5 N–H and O–H groups in total. The Morgan fingerprint density at radius 3 is 2.25 bits per heavy atom. The fraction of sp³-hybridized carbons (Fsp3) is 0.929. The number of hydrogen-bond donors (Lipinski definition) is 4. The van der Waals surface area contributed by atoms with Crippen molar-refractivity contribution in [1.29, 1.82) is 0 Å². The number of carbonyl (C=O) groups is 1. The van der Waals surface area contributed by atoms with Crippen LogP contribution in [0.15, 0.2) is 0 Å². The highest BCUT2D eigenvalue weighted by molar-refractivity contribution is 5.85. The number of nitrogens with one attached hydrogen (secondary N) is 1. The fourth-order valence-electron chi connectivity index (χ4n) is 1.96. The summed E-state index contributed by atoms with van der Waals surface area (Å²) in [5.41, 5.74) is 5.84. The van der Waals surface area contributed by atoms with Gasteiger partial charge in [0.1, 0.15) is 0 Å². The summed E-state index contributed by atoms with van der Waals surface area (Å²) in [4.78, 5) is 11.8. The maximum atomic E-state index is 11.8. The summed E-state index contributed by atoms with van der Waals surface area (Å²) in [6.45, 7) is 7.94. The quantitative estimate of drug-likeness (QED) is 0.512. The van der Waals surface area contributed by atoms with Gasteiger partial charge in [-0.2, -0.15) is 0 Å². The van der Waals surface area contributed by atoms with E-state index in [0.717, 1.165) is 6.42 Å². The first-order valence-electron chi connectivity index (χ1n) is 7.15. The van der Waals surface area contributed by atoms with E-state index in [1.807, 2.05) is 27.7 Å². The standard InChI is InChI=1S/C14H30N2O3.ClH/c1-5-10(4)12(8-17)16-14(19)7-13(18)11(15)6-9(2)3;/h9-13,17-18H,5-8,15H2,1-4H3,(H,16,19);1H/t10?,11-,12+,13-;/m0./s1. The van der Waals surface area contributed by atoms with E-state index < -0.39 is 6.10 Å². The topological polar surface area (TPSA) is 95.6 Å². The summed E-state index contributed by atoms with van der Waals surface area (Å²) in [7, 11) is 0. The molecule has 0 aromatic carbocycles. The van der Waals surface area contributed by atoms with E-state index in [4.69, 9.17) is 5.73 Å². The Morgan fingerprint density at radius 2 is 1.85 bits per heavy atom. The van der Waals surface area contributed by atoms with E-state index in [2.05, 4.69) is 5.32 Å². The second kappa shape index (κ2) is 11.3. The molecule has 122 valence electrons. The lowest BCUT2D eigenvalue weighted by Gasteiger charge is -2.24. The molecule has 20 heavy (non-hydrogen) atoms. The summed E-state index contributed by atoms with van der Waals surface area (Å²) in [5, 5.41) is 21.9. The Morgan fingerprint density at radius 1 is 1.30 bits per heavy atom. The van der Waals surface area contributed by atoms with Crippen LogP contribution in [0.2, 0.25) is 0 Å². The number of amides is 1. The number of halogens is 1. The van der Waals surface area contributed by atoms with E-state index in [-0.39, 0.29) is 49.3 Å². The Labute approximate surface area is 128 Å². The molecule has 0 heterocycles. The summed E-state index contributed by atoms with van der Waals surface area (Å²) >= 11 is 0. The van der Waals surface area contributed by atoms with Gasteiger partial charge in [-0.15, -0.1) is 12.4 Å². The molecule has 4 atom stereocenters. The zero-order chi connectivity index (χ0) is 15.0. The molecule has 0 aromatic heterocycles.